The third kappa shape index (κ3) is 2.19. The van der Waals surface area contributed by atoms with Gasteiger partial charge in [-0.05, 0) is 35.1 Å². The van der Waals surface area contributed by atoms with Gasteiger partial charge < -0.3 is 10.2 Å². The van der Waals surface area contributed by atoms with Crippen LogP contribution in [0.1, 0.15) is 18.1 Å². The predicted octanol–water partition coefficient (Wildman–Crippen LogP) is 2.40. The van der Waals surface area contributed by atoms with Gasteiger partial charge in [0.2, 0.25) is 0 Å². The first-order valence-electron chi connectivity index (χ1n) is 5.00. The summed E-state index contributed by atoms with van der Waals surface area (Å²) >= 11 is 1.53. The van der Waals surface area contributed by atoms with Crippen LogP contribution in [0.25, 0.3) is 6.08 Å². The highest BCUT2D eigenvalue weighted by atomic mass is 32.2. The van der Waals surface area contributed by atoms with E-state index in [4.69, 9.17) is 0 Å². The maximum atomic E-state index is 10.2. The maximum Gasteiger partial charge on any atom is 0.133 e. The van der Waals surface area contributed by atoms with Gasteiger partial charge in [0.05, 0.1) is 0 Å². The topological polar surface area (TPSA) is 40.5 Å². The Hall–Kier alpha value is -0.930. The molecule has 2 N–H and O–H groups in total. The number of benzene rings is 1. The Balaban J connectivity index is 2.31. The van der Waals surface area contributed by atoms with Crippen molar-refractivity contribution in [2.75, 3.05) is 5.75 Å². The Morgan fingerprint density at radius 1 is 1.47 bits per heavy atom. The first-order chi connectivity index (χ1) is 7.13. The second-order valence-corrected chi connectivity index (χ2v) is 5.24. The molecular formula is C12H14O2S. The van der Waals surface area contributed by atoms with Crippen LogP contribution in [0, 0.1) is 0 Å². The van der Waals surface area contributed by atoms with Gasteiger partial charge >= 0.3 is 0 Å². The van der Waals surface area contributed by atoms with Gasteiger partial charge in [-0.15, -0.1) is 11.8 Å². The lowest BCUT2D eigenvalue weighted by atomic mass is 9.95. The van der Waals surface area contributed by atoms with Crippen molar-refractivity contribution >= 4 is 17.8 Å². The Labute approximate surface area is 93.6 Å². The number of thioether (sulfide) groups is 1. The van der Waals surface area contributed by atoms with E-state index < -0.39 is 4.93 Å². The summed E-state index contributed by atoms with van der Waals surface area (Å²) in [7, 11) is 0. The molecule has 0 saturated heterocycles. The van der Waals surface area contributed by atoms with Gasteiger partial charge in [0.1, 0.15) is 10.7 Å². The minimum absolute atomic E-state index is 0.270. The van der Waals surface area contributed by atoms with Crippen molar-refractivity contribution in [1.82, 2.24) is 0 Å². The zero-order valence-corrected chi connectivity index (χ0v) is 9.42. The Bertz CT molecular complexity index is 401. The van der Waals surface area contributed by atoms with Gasteiger partial charge in [0, 0.05) is 6.42 Å². The average Bonchev–Trinajstić information content (AvgIpc) is 2.19. The summed E-state index contributed by atoms with van der Waals surface area (Å²) in [5.41, 5.74) is 2.08. The van der Waals surface area contributed by atoms with E-state index in [0.717, 1.165) is 16.9 Å². The summed E-state index contributed by atoms with van der Waals surface area (Å²) in [6.07, 6.45) is 4.29. The van der Waals surface area contributed by atoms with Crippen molar-refractivity contribution < 1.29 is 10.2 Å². The third-order valence-corrected chi connectivity index (χ3v) is 3.56. The first kappa shape index (κ1) is 10.6. The second kappa shape index (κ2) is 3.91. The molecule has 1 aliphatic rings. The highest BCUT2D eigenvalue weighted by Crippen LogP contribution is 2.35. The minimum Gasteiger partial charge on any atom is -0.508 e. The van der Waals surface area contributed by atoms with E-state index in [1.807, 2.05) is 25.1 Å². The zero-order chi connectivity index (χ0) is 10.9. The van der Waals surface area contributed by atoms with Crippen molar-refractivity contribution in [3.8, 4) is 5.75 Å². The standard InChI is InChI=1S/C12H14O2S/c1-2-15-12(14)6-5-9-7-11(13)4-3-10(9)8-12/h3-7,13-14H,2,8H2,1H3. The van der Waals surface area contributed by atoms with E-state index in [9.17, 15) is 10.2 Å². The number of phenols is 1. The molecule has 0 saturated carbocycles. The van der Waals surface area contributed by atoms with Crippen molar-refractivity contribution in [3.05, 3.63) is 35.4 Å². The van der Waals surface area contributed by atoms with Crippen LogP contribution in [0.15, 0.2) is 24.3 Å². The summed E-state index contributed by atoms with van der Waals surface area (Å²) < 4.78 is 0. The second-order valence-electron chi connectivity index (χ2n) is 3.67. The lowest BCUT2D eigenvalue weighted by molar-refractivity contribution is 0.187. The third-order valence-electron chi connectivity index (χ3n) is 2.49. The van der Waals surface area contributed by atoms with E-state index in [1.54, 1.807) is 12.1 Å². The summed E-state index contributed by atoms with van der Waals surface area (Å²) in [4.78, 5) is -0.779. The fourth-order valence-corrected chi connectivity index (χ4v) is 2.72. The largest absolute Gasteiger partial charge is 0.508 e. The fourth-order valence-electron chi connectivity index (χ4n) is 1.80. The fraction of sp³-hybridized carbons (Fsp3) is 0.333. The molecule has 0 bridgehead atoms. The molecule has 2 rings (SSSR count). The van der Waals surface area contributed by atoms with Crippen LogP contribution < -0.4 is 0 Å². The molecule has 0 heterocycles. The normalized spacial score (nSPS) is 23.9. The summed E-state index contributed by atoms with van der Waals surface area (Å²) in [6.45, 7) is 2.03. The maximum absolute atomic E-state index is 10.2. The molecule has 0 fully saturated rings. The molecular weight excluding hydrogens is 208 g/mol. The summed E-state index contributed by atoms with van der Waals surface area (Å²) in [5, 5.41) is 19.5. The van der Waals surface area contributed by atoms with Crippen molar-refractivity contribution in [2.45, 2.75) is 18.3 Å². The molecule has 2 nitrogen and oxygen atoms in total. The lowest BCUT2D eigenvalue weighted by Crippen LogP contribution is -2.27. The monoisotopic (exact) mass is 222 g/mol. The van der Waals surface area contributed by atoms with Gasteiger partial charge in [-0.2, -0.15) is 0 Å². The van der Waals surface area contributed by atoms with E-state index in [0.29, 0.717) is 6.42 Å². The molecule has 0 aromatic heterocycles. The molecule has 1 atom stereocenters. The van der Waals surface area contributed by atoms with Crippen molar-refractivity contribution in [3.63, 3.8) is 0 Å². The number of fused-ring (bicyclic) bond motifs is 1. The quantitative estimate of drug-likeness (QED) is 0.755. The van der Waals surface area contributed by atoms with Crippen LogP contribution in [0.2, 0.25) is 0 Å². The van der Waals surface area contributed by atoms with E-state index >= 15 is 0 Å². The number of hydrogen-bond acceptors (Lipinski definition) is 3. The van der Waals surface area contributed by atoms with Crippen molar-refractivity contribution in [1.29, 1.82) is 0 Å². The van der Waals surface area contributed by atoms with Gasteiger partial charge in [0.25, 0.3) is 0 Å². The van der Waals surface area contributed by atoms with E-state index in [2.05, 4.69) is 0 Å². The summed E-state index contributed by atoms with van der Waals surface area (Å²) in [5.74, 6) is 1.15. The van der Waals surface area contributed by atoms with Crippen LogP contribution in [-0.2, 0) is 6.42 Å². The predicted molar refractivity (Wildman–Crippen MR) is 63.9 cm³/mol. The molecule has 1 aromatic rings. The Morgan fingerprint density at radius 2 is 2.27 bits per heavy atom. The first-order valence-corrected chi connectivity index (χ1v) is 5.99. The molecule has 1 aromatic carbocycles. The lowest BCUT2D eigenvalue weighted by Gasteiger charge is -2.27. The van der Waals surface area contributed by atoms with Gasteiger partial charge in [0.15, 0.2) is 0 Å². The van der Waals surface area contributed by atoms with Crippen LogP contribution >= 0.6 is 11.8 Å². The van der Waals surface area contributed by atoms with Crippen LogP contribution in [0.5, 0.6) is 5.75 Å². The Kier molecular flexibility index (Phi) is 2.76. The van der Waals surface area contributed by atoms with Crippen LogP contribution in [0.3, 0.4) is 0 Å². The van der Waals surface area contributed by atoms with Gasteiger partial charge in [-0.3, -0.25) is 0 Å². The minimum atomic E-state index is -0.779. The van der Waals surface area contributed by atoms with Crippen molar-refractivity contribution in [2.24, 2.45) is 0 Å². The number of phenolic OH excluding ortho intramolecular Hbond substituents is 1. The summed E-state index contributed by atoms with van der Waals surface area (Å²) in [6, 6.07) is 5.26. The van der Waals surface area contributed by atoms with Gasteiger partial charge in [-0.25, -0.2) is 0 Å². The Morgan fingerprint density at radius 3 is 3.00 bits per heavy atom. The number of rotatable bonds is 2. The number of aliphatic hydroxyl groups is 1. The smallest absolute Gasteiger partial charge is 0.133 e. The molecule has 0 aliphatic heterocycles. The number of aromatic hydroxyl groups is 1. The molecule has 15 heavy (non-hydrogen) atoms. The van der Waals surface area contributed by atoms with Crippen LogP contribution in [0.4, 0.5) is 0 Å². The molecule has 0 radical (unpaired) electrons. The zero-order valence-electron chi connectivity index (χ0n) is 8.60. The van der Waals surface area contributed by atoms with E-state index in [1.165, 1.54) is 11.8 Å². The molecule has 0 amide bonds. The molecule has 80 valence electrons. The highest BCUT2D eigenvalue weighted by molar-refractivity contribution is 8.00. The average molecular weight is 222 g/mol. The molecule has 0 spiro atoms. The van der Waals surface area contributed by atoms with Gasteiger partial charge in [-0.1, -0.05) is 19.1 Å². The molecule has 1 unspecified atom stereocenters. The molecule has 3 heteroatoms. The molecule has 1 aliphatic carbocycles. The highest BCUT2D eigenvalue weighted by Gasteiger charge is 2.27. The van der Waals surface area contributed by atoms with Crippen LogP contribution in [-0.4, -0.2) is 20.9 Å². The number of hydrogen-bond donors (Lipinski definition) is 2. The SMILES string of the molecule is CCSC1(O)C=Cc2cc(O)ccc2C1. The van der Waals surface area contributed by atoms with E-state index in [-0.39, 0.29) is 5.75 Å².